The molecule has 0 aliphatic carbocycles. The third-order valence-corrected chi connectivity index (χ3v) is 6.87. The Morgan fingerprint density at radius 2 is 1.74 bits per heavy atom. The minimum Gasteiger partial charge on any atom is -0.494 e. The molecular formula is C28H25N3O3S. The average molecular weight is 484 g/mol. The number of anilines is 2. The highest BCUT2D eigenvalue weighted by Crippen LogP contribution is 2.42. The van der Waals surface area contributed by atoms with E-state index >= 15 is 0 Å². The fraction of sp³-hybridized carbons (Fsp3) is 0.179. The molecule has 0 saturated carbocycles. The van der Waals surface area contributed by atoms with E-state index in [0.29, 0.717) is 35.2 Å². The molecule has 1 aliphatic rings. The van der Waals surface area contributed by atoms with Crippen molar-refractivity contribution in [2.45, 2.75) is 25.5 Å². The van der Waals surface area contributed by atoms with Gasteiger partial charge in [0.05, 0.1) is 11.9 Å². The van der Waals surface area contributed by atoms with Crippen molar-refractivity contribution in [2.24, 2.45) is 0 Å². The molecule has 0 spiro atoms. The highest BCUT2D eigenvalue weighted by molar-refractivity contribution is 8.05. The average Bonchev–Trinajstić information content (AvgIpc) is 3.17. The molecule has 35 heavy (non-hydrogen) atoms. The number of aryl methyl sites for hydroxylation is 1. The summed E-state index contributed by atoms with van der Waals surface area (Å²) < 4.78 is 5.53. The number of amides is 2. The zero-order chi connectivity index (χ0) is 24.8. The van der Waals surface area contributed by atoms with Gasteiger partial charge in [-0.15, -0.1) is 0 Å². The molecule has 1 unspecified atom stereocenters. The number of rotatable bonds is 7. The van der Waals surface area contributed by atoms with Gasteiger partial charge in [-0.2, -0.15) is 5.26 Å². The predicted molar refractivity (Wildman–Crippen MR) is 139 cm³/mol. The van der Waals surface area contributed by atoms with E-state index < -0.39 is 11.2 Å². The van der Waals surface area contributed by atoms with Crippen molar-refractivity contribution < 1.29 is 14.3 Å². The molecule has 1 heterocycles. The first-order valence-corrected chi connectivity index (χ1v) is 12.2. The maximum Gasteiger partial charge on any atom is 0.269 e. The lowest BCUT2D eigenvalue weighted by Gasteiger charge is -2.19. The Labute approximate surface area is 209 Å². The van der Waals surface area contributed by atoms with Crippen LogP contribution in [0.1, 0.15) is 18.1 Å². The van der Waals surface area contributed by atoms with Gasteiger partial charge in [0.2, 0.25) is 5.91 Å². The molecule has 6 nitrogen and oxygen atoms in total. The van der Waals surface area contributed by atoms with Crippen LogP contribution < -0.4 is 15.0 Å². The van der Waals surface area contributed by atoms with Gasteiger partial charge in [-0.1, -0.05) is 54.2 Å². The third kappa shape index (κ3) is 5.39. The highest BCUT2D eigenvalue weighted by atomic mass is 32.2. The molecule has 2 amide bonds. The summed E-state index contributed by atoms with van der Waals surface area (Å²) in [5.74, 6) is -0.0426. The summed E-state index contributed by atoms with van der Waals surface area (Å²) in [6, 6.07) is 26.0. The number of carbonyl (C=O) groups is 2. The Morgan fingerprint density at radius 3 is 2.40 bits per heavy atom. The summed E-state index contributed by atoms with van der Waals surface area (Å²) in [7, 11) is 0. The van der Waals surface area contributed by atoms with Crippen LogP contribution >= 0.6 is 11.8 Å². The lowest BCUT2D eigenvalue weighted by molar-refractivity contribution is -0.117. The van der Waals surface area contributed by atoms with Crippen LogP contribution in [0.2, 0.25) is 0 Å². The molecule has 1 fully saturated rings. The van der Waals surface area contributed by atoms with Crippen LogP contribution in [-0.4, -0.2) is 23.7 Å². The smallest absolute Gasteiger partial charge is 0.269 e. The van der Waals surface area contributed by atoms with E-state index in [0.717, 1.165) is 11.1 Å². The number of benzene rings is 3. The van der Waals surface area contributed by atoms with Crippen molar-refractivity contribution in [1.82, 2.24) is 0 Å². The van der Waals surface area contributed by atoms with Crippen molar-refractivity contribution in [3.05, 3.63) is 101 Å². The second-order valence-electron chi connectivity index (χ2n) is 7.95. The van der Waals surface area contributed by atoms with Crippen molar-refractivity contribution >= 4 is 35.0 Å². The number of nitriles is 1. The van der Waals surface area contributed by atoms with Crippen molar-refractivity contribution in [2.75, 3.05) is 16.8 Å². The van der Waals surface area contributed by atoms with Crippen molar-refractivity contribution in [3.8, 4) is 11.8 Å². The van der Waals surface area contributed by atoms with Crippen LogP contribution in [0.4, 0.5) is 11.4 Å². The zero-order valence-corrected chi connectivity index (χ0v) is 20.3. The fourth-order valence-corrected chi connectivity index (χ4v) is 5.13. The van der Waals surface area contributed by atoms with E-state index in [2.05, 4.69) is 5.32 Å². The molecule has 0 aromatic heterocycles. The van der Waals surface area contributed by atoms with E-state index in [1.54, 1.807) is 48.5 Å². The van der Waals surface area contributed by atoms with Crippen LogP contribution in [0.5, 0.6) is 5.75 Å². The Bertz CT molecular complexity index is 1300. The molecule has 4 rings (SSSR count). The van der Waals surface area contributed by atoms with Crippen LogP contribution in [0.3, 0.4) is 0 Å². The Balaban J connectivity index is 1.73. The number of nitrogens with one attached hydrogen (secondary N) is 1. The summed E-state index contributed by atoms with van der Waals surface area (Å²) in [5.41, 5.74) is 3.19. The SMILES string of the molecule is CCOc1ccc(N2C(=O)C(Cc3ccccc3C)S/C2=C(/C#N)C(=O)Nc2ccccc2)cc1. The normalized spacial score (nSPS) is 16.5. The standard InChI is InChI=1S/C28H25N3O3S/c1-3-34-23-15-13-22(14-16-23)31-27(33)25(17-20-10-8-7-9-19(20)2)35-28(31)24(18-29)26(32)30-21-11-5-4-6-12-21/h4-16,25H,3,17H2,1-2H3,(H,30,32)/b28-24-. The maximum atomic E-state index is 13.6. The summed E-state index contributed by atoms with van der Waals surface area (Å²) in [6.45, 7) is 4.43. The maximum absolute atomic E-state index is 13.6. The fourth-order valence-electron chi connectivity index (χ4n) is 3.83. The van der Waals surface area contributed by atoms with E-state index in [-0.39, 0.29) is 11.5 Å². The second kappa shape index (κ2) is 10.9. The van der Waals surface area contributed by atoms with Gasteiger partial charge in [0, 0.05) is 11.4 Å². The van der Waals surface area contributed by atoms with E-state index in [1.807, 2.05) is 50.2 Å². The van der Waals surface area contributed by atoms with Gasteiger partial charge in [-0.3, -0.25) is 14.5 Å². The van der Waals surface area contributed by atoms with Crippen molar-refractivity contribution in [1.29, 1.82) is 5.26 Å². The van der Waals surface area contributed by atoms with E-state index in [9.17, 15) is 14.9 Å². The molecular weight excluding hydrogens is 458 g/mol. The number of nitrogens with zero attached hydrogens (tertiary/aromatic N) is 2. The minimum atomic E-state index is -0.554. The molecule has 1 aliphatic heterocycles. The van der Waals surface area contributed by atoms with Crippen LogP contribution in [0.25, 0.3) is 0 Å². The number of ether oxygens (including phenoxy) is 1. The predicted octanol–water partition coefficient (Wildman–Crippen LogP) is 5.46. The zero-order valence-electron chi connectivity index (χ0n) is 19.5. The van der Waals surface area contributed by atoms with Gasteiger partial charge in [-0.05, 0) is 67.8 Å². The number of hydrogen-bond donors (Lipinski definition) is 1. The summed E-state index contributed by atoms with van der Waals surface area (Å²) >= 11 is 1.25. The number of hydrogen-bond acceptors (Lipinski definition) is 5. The molecule has 7 heteroatoms. The molecule has 0 radical (unpaired) electrons. The molecule has 176 valence electrons. The molecule has 0 bridgehead atoms. The third-order valence-electron chi connectivity index (χ3n) is 5.61. The summed E-state index contributed by atoms with van der Waals surface area (Å²) in [6.07, 6.45) is 0.492. The minimum absolute atomic E-state index is 0.103. The van der Waals surface area contributed by atoms with Gasteiger partial charge in [-0.25, -0.2) is 0 Å². The van der Waals surface area contributed by atoms with Crippen LogP contribution in [-0.2, 0) is 16.0 Å². The molecule has 1 atom stereocenters. The number of carbonyl (C=O) groups excluding carboxylic acids is 2. The van der Waals surface area contributed by atoms with Gasteiger partial charge < -0.3 is 10.1 Å². The van der Waals surface area contributed by atoms with Gasteiger partial charge in [0.25, 0.3) is 5.91 Å². The first-order valence-electron chi connectivity index (χ1n) is 11.3. The largest absolute Gasteiger partial charge is 0.494 e. The highest BCUT2D eigenvalue weighted by Gasteiger charge is 2.41. The molecule has 3 aromatic carbocycles. The first kappa shape index (κ1) is 24.1. The topological polar surface area (TPSA) is 82.4 Å². The monoisotopic (exact) mass is 483 g/mol. The van der Waals surface area contributed by atoms with Crippen LogP contribution in [0, 0.1) is 18.3 Å². The summed E-state index contributed by atoms with van der Waals surface area (Å²) in [4.78, 5) is 28.2. The second-order valence-corrected chi connectivity index (χ2v) is 9.14. The molecule has 1 N–H and O–H groups in total. The van der Waals surface area contributed by atoms with Gasteiger partial charge in [0.1, 0.15) is 22.4 Å². The van der Waals surface area contributed by atoms with Crippen molar-refractivity contribution in [3.63, 3.8) is 0 Å². The summed E-state index contributed by atoms with van der Waals surface area (Å²) in [5, 5.41) is 12.6. The number of para-hydroxylation sites is 1. The van der Waals surface area contributed by atoms with Gasteiger partial charge >= 0.3 is 0 Å². The quantitative estimate of drug-likeness (QED) is 0.357. The first-order chi connectivity index (χ1) is 17.0. The number of thioether (sulfide) groups is 1. The van der Waals surface area contributed by atoms with E-state index in [4.69, 9.17) is 4.74 Å². The van der Waals surface area contributed by atoms with Gasteiger partial charge in [0.15, 0.2) is 0 Å². The molecule has 1 saturated heterocycles. The Morgan fingerprint density at radius 1 is 1.06 bits per heavy atom. The lowest BCUT2D eigenvalue weighted by atomic mass is 10.0. The Kier molecular flexibility index (Phi) is 7.54. The van der Waals surface area contributed by atoms with Crippen LogP contribution in [0.15, 0.2) is 89.5 Å². The van der Waals surface area contributed by atoms with E-state index in [1.165, 1.54) is 16.7 Å². The molecule has 3 aromatic rings. The Hall–Kier alpha value is -4.02. The lowest BCUT2D eigenvalue weighted by Crippen LogP contribution is -2.31.